The summed E-state index contributed by atoms with van der Waals surface area (Å²) >= 11 is 3.71. The third-order valence-electron chi connectivity index (χ3n) is 2.87. The zero-order chi connectivity index (χ0) is 9.97. The Bertz CT molecular complexity index is 297. The molecule has 2 unspecified atom stereocenters. The number of rotatable bonds is 2. The molecule has 1 fully saturated rings. The summed E-state index contributed by atoms with van der Waals surface area (Å²) in [7, 11) is 1.92. The van der Waals surface area contributed by atoms with E-state index in [0.29, 0.717) is 0 Å². The molecule has 0 aliphatic heterocycles. The Morgan fingerprint density at radius 2 is 2.43 bits per heavy atom. The van der Waals surface area contributed by atoms with Crippen LogP contribution in [-0.2, 0) is 13.5 Å². The Labute approximate surface area is 93.0 Å². The van der Waals surface area contributed by atoms with Crippen LogP contribution < -0.4 is 0 Å². The van der Waals surface area contributed by atoms with Gasteiger partial charge in [-0.3, -0.25) is 4.68 Å². The van der Waals surface area contributed by atoms with Gasteiger partial charge < -0.3 is 0 Å². The van der Waals surface area contributed by atoms with Gasteiger partial charge in [0.2, 0.25) is 0 Å². The van der Waals surface area contributed by atoms with Crippen LogP contribution in [0.3, 0.4) is 0 Å². The van der Waals surface area contributed by atoms with E-state index in [1.165, 1.54) is 25.7 Å². The lowest BCUT2D eigenvalue weighted by atomic mass is 9.86. The molecule has 0 N–H and O–H groups in total. The average Bonchev–Trinajstić information content (AvgIpc) is 2.51. The second-order valence-corrected chi connectivity index (χ2v) is 5.51. The second-order valence-electron chi connectivity index (χ2n) is 4.22. The maximum Gasteiger partial charge on any atom is 0.0829 e. The van der Waals surface area contributed by atoms with Gasteiger partial charge in [0.1, 0.15) is 0 Å². The largest absolute Gasteiger partial charge is 0.255 e. The van der Waals surface area contributed by atoms with Crippen molar-refractivity contribution in [3.63, 3.8) is 0 Å². The van der Waals surface area contributed by atoms with Crippen LogP contribution in [0.15, 0.2) is 6.20 Å². The van der Waals surface area contributed by atoms with Gasteiger partial charge in [-0.15, -0.1) is 5.10 Å². The Balaban J connectivity index is 1.90. The molecule has 1 aliphatic carbocycles. The maximum absolute atomic E-state index is 4.13. The first kappa shape index (κ1) is 10.1. The molecule has 1 saturated carbocycles. The molecule has 1 aromatic rings. The minimum absolute atomic E-state index is 0.720. The van der Waals surface area contributed by atoms with Crippen LogP contribution in [0.1, 0.15) is 31.4 Å². The van der Waals surface area contributed by atoms with Gasteiger partial charge in [-0.25, -0.2) is 0 Å². The van der Waals surface area contributed by atoms with Crippen molar-refractivity contribution in [2.24, 2.45) is 13.0 Å². The number of halogens is 1. The number of aryl methyl sites for hydroxylation is 1. The predicted molar refractivity (Wildman–Crippen MR) is 59.4 cm³/mol. The molecule has 0 spiro atoms. The normalized spacial score (nSPS) is 27.9. The molecular weight excluding hydrogens is 242 g/mol. The van der Waals surface area contributed by atoms with E-state index in [0.717, 1.165) is 22.9 Å². The van der Waals surface area contributed by atoms with Crippen LogP contribution >= 0.6 is 15.9 Å². The summed E-state index contributed by atoms with van der Waals surface area (Å²) in [4.78, 5) is 0.720. The van der Waals surface area contributed by atoms with Crippen molar-refractivity contribution < 1.29 is 0 Å². The van der Waals surface area contributed by atoms with Gasteiger partial charge in [-0.1, -0.05) is 27.6 Å². The highest BCUT2D eigenvalue weighted by molar-refractivity contribution is 9.09. The fourth-order valence-electron chi connectivity index (χ4n) is 2.20. The van der Waals surface area contributed by atoms with Gasteiger partial charge in [0.05, 0.1) is 5.69 Å². The SMILES string of the molecule is Cn1cc(CC2CCCC(Br)C2)nn1. The molecule has 0 bridgehead atoms. The highest BCUT2D eigenvalue weighted by Crippen LogP contribution is 2.30. The monoisotopic (exact) mass is 257 g/mol. The second kappa shape index (κ2) is 4.43. The molecule has 0 amide bonds. The quantitative estimate of drug-likeness (QED) is 0.762. The molecule has 0 saturated heterocycles. The van der Waals surface area contributed by atoms with E-state index in [-0.39, 0.29) is 0 Å². The number of hydrogen-bond donors (Lipinski definition) is 0. The standard InChI is InChI=1S/C10H16BrN3/c1-14-7-10(12-13-14)6-8-3-2-4-9(11)5-8/h7-9H,2-6H2,1H3. The summed E-state index contributed by atoms with van der Waals surface area (Å²) in [6.45, 7) is 0. The van der Waals surface area contributed by atoms with E-state index in [4.69, 9.17) is 0 Å². The van der Waals surface area contributed by atoms with Crippen LogP contribution in [0, 0.1) is 5.92 Å². The lowest BCUT2D eigenvalue weighted by Gasteiger charge is -2.24. The summed E-state index contributed by atoms with van der Waals surface area (Å²) in [6, 6.07) is 0. The molecule has 1 heterocycles. The van der Waals surface area contributed by atoms with Crippen molar-refractivity contribution in [2.45, 2.75) is 36.9 Å². The minimum atomic E-state index is 0.720. The number of alkyl halides is 1. The smallest absolute Gasteiger partial charge is 0.0829 e. The molecule has 78 valence electrons. The summed E-state index contributed by atoms with van der Waals surface area (Å²) in [6.07, 6.45) is 8.43. The molecule has 2 rings (SSSR count). The first-order valence-electron chi connectivity index (χ1n) is 5.23. The van der Waals surface area contributed by atoms with Gasteiger partial charge in [-0.2, -0.15) is 0 Å². The molecule has 1 aromatic heterocycles. The minimum Gasteiger partial charge on any atom is -0.255 e. The van der Waals surface area contributed by atoms with Crippen LogP contribution in [0.4, 0.5) is 0 Å². The zero-order valence-corrected chi connectivity index (χ0v) is 10.1. The van der Waals surface area contributed by atoms with E-state index < -0.39 is 0 Å². The Morgan fingerprint density at radius 3 is 3.07 bits per heavy atom. The van der Waals surface area contributed by atoms with Gasteiger partial charge in [-0.05, 0) is 31.6 Å². The van der Waals surface area contributed by atoms with Crippen molar-refractivity contribution in [2.75, 3.05) is 0 Å². The van der Waals surface area contributed by atoms with Crippen molar-refractivity contribution in [1.82, 2.24) is 15.0 Å². The molecule has 14 heavy (non-hydrogen) atoms. The van der Waals surface area contributed by atoms with E-state index >= 15 is 0 Å². The van der Waals surface area contributed by atoms with Crippen molar-refractivity contribution in [1.29, 1.82) is 0 Å². The number of aromatic nitrogens is 3. The van der Waals surface area contributed by atoms with E-state index in [1.54, 1.807) is 4.68 Å². The van der Waals surface area contributed by atoms with Crippen LogP contribution in [-0.4, -0.2) is 19.8 Å². The van der Waals surface area contributed by atoms with E-state index in [2.05, 4.69) is 26.2 Å². The zero-order valence-electron chi connectivity index (χ0n) is 8.49. The molecule has 3 nitrogen and oxygen atoms in total. The lowest BCUT2D eigenvalue weighted by molar-refractivity contribution is 0.365. The maximum atomic E-state index is 4.13. The van der Waals surface area contributed by atoms with E-state index in [9.17, 15) is 0 Å². The fourth-order valence-corrected chi connectivity index (χ4v) is 3.05. The molecule has 4 heteroatoms. The first-order valence-corrected chi connectivity index (χ1v) is 6.15. The lowest BCUT2D eigenvalue weighted by Crippen LogP contribution is -2.17. The molecular formula is C10H16BrN3. The topological polar surface area (TPSA) is 30.7 Å². The summed E-state index contributed by atoms with van der Waals surface area (Å²) in [5, 5.41) is 8.09. The summed E-state index contributed by atoms with van der Waals surface area (Å²) in [5.74, 6) is 0.796. The van der Waals surface area contributed by atoms with Crippen molar-refractivity contribution >= 4 is 15.9 Å². The molecule has 2 atom stereocenters. The van der Waals surface area contributed by atoms with Crippen molar-refractivity contribution in [3.8, 4) is 0 Å². The fraction of sp³-hybridized carbons (Fsp3) is 0.800. The first-order chi connectivity index (χ1) is 6.74. The van der Waals surface area contributed by atoms with Gasteiger partial charge in [0, 0.05) is 18.1 Å². The van der Waals surface area contributed by atoms with Crippen LogP contribution in [0.2, 0.25) is 0 Å². The van der Waals surface area contributed by atoms with Gasteiger partial charge in [0.15, 0.2) is 0 Å². The van der Waals surface area contributed by atoms with Crippen molar-refractivity contribution in [3.05, 3.63) is 11.9 Å². The van der Waals surface area contributed by atoms with Gasteiger partial charge in [0.25, 0.3) is 0 Å². The Hall–Kier alpha value is -0.380. The summed E-state index contributed by atoms with van der Waals surface area (Å²) in [5.41, 5.74) is 1.14. The summed E-state index contributed by atoms with van der Waals surface area (Å²) < 4.78 is 1.78. The van der Waals surface area contributed by atoms with Crippen LogP contribution in [0.25, 0.3) is 0 Å². The third-order valence-corrected chi connectivity index (χ3v) is 3.70. The molecule has 0 aromatic carbocycles. The molecule has 0 radical (unpaired) electrons. The van der Waals surface area contributed by atoms with Crippen LogP contribution in [0.5, 0.6) is 0 Å². The Morgan fingerprint density at radius 1 is 1.57 bits per heavy atom. The average molecular weight is 258 g/mol. The molecule has 1 aliphatic rings. The third kappa shape index (κ3) is 2.56. The highest BCUT2D eigenvalue weighted by Gasteiger charge is 2.20. The van der Waals surface area contributed by atoms with Gasteiger partial charge >= 0.3 is 0 Å². The number of hydrogen-bond acceptors (Lipinski definition) is 2. The predicted octanol–water partition coefficient (Wildman–Crippen LogP) is 2.31. The number of nitrogens with zero attached hydrogens (tertiary/aromatic N) is 3. The highest BCUT2D eigenvalue weighted by atomic mass is 79.9. The van der Waals surface area contributed by atoms with E-state index in [1.807, 2.05) is 13.2 Å². The Kier molecular flexibility index (Phi) is 3.21.